The van der Waals surface area contributed by atoms with Gasteiger partial charge in [-0.3, -0.25) is 19.6 Å². The monoisotopic (exact) mass is 250 g/mol. The van der Waals surface area contributed by atoms with Crippen LogP contribution >= 0.6 is 0 Å². The molecule has 0 aliphatic rings. The first-order valence-electron chi connectivity index (χ1n) is 5.32. The lowest BCUT2D eigenvalue weighted by atomic mass is 10.3. The molecule has 0 saturated heterocycles. The number of ether oxygens (including phenoxy) is 2. The predicted octanol–water partition coefficient (Wildman–Crippen LogP) is 0.985. The molecule has 0 N–H and O–H groups in total. The van der Waals surface area contributed by atoms with Gasteiger partial charge in [0.05, 0.1) is 11.9 Å². The van der Waals surface area contributed by atoms with Crippen LogP contribution in [0.1, 0.15) is 19.5 Å². The van der Waals surface area contributed by atoms with E-state index in [1.807, 2.05) is 0 Å². The predicted molar refractivity (Wildman–Crippen MR) is 63.3 cm³/mol. The van der Waals surface area contributed by atoms with Crippen molar-refractivity contribution in [3.8, 4) is 0 Å². The highest BCUT2D eigenvalue weighted by molar-refractivity contribution is 5.67. The summed E-state index contributed by atoms with van der Waals surface area (Å²) in [6, 6.07) is 0. The molecule has 0 saturated carbocycles. The first-order chi connectivity index (χ1) is 8.58. The zero-order chi connectivity index (χ0) is 13.4. The molecule has 1 rings (SSSR count). The average molecular weight is 250 g/mol. The highest BCUT2D eigenvalue weighted by Crippen LogP contribution is 2.02. The van der Waals surface area contributed by atoms with Crippen molar-refractivity contribution in [1.29, 1.82) is 0 Å². The summed E-state index contributed by atoms with van der Waals surface area (Å²) in [6.45, 7) is 2.56. The lowest BCUT2D eigenvalue weighted by molar-refractivity contribution is -0.153. The first-order valence-corrected chi connectivity index (χ1v) is 5.32. The standard InChI is InChI=1S/C12H14N2O4/c1-9(15)17-8-12(18-10(2)16)4-3-11-7-13-5-6-14-11/h3-7,12H,8H2,1-2H3. The third kappa shape index (κ3) is 5.74. The van der Waals surface area contributed by atoms with Gasteiger partial charge in [-0.2, -0.15) is 0 Å². The van der Waals surface area contributed by atoms with Gasteiger partial charge in [-0.1, -0.05) is 0 Å². The third-order valence-electron chi connectivity index (χ3n) is 1.83. The van der Waals surface area contributed by atoms with E-state index in [1.54, 1.807) is 30.7 Å². The van der Waals surface area contributed by atoms with Gasteiger partial charge in [0.1, 0.15) is 6.61 Å². The van der Waals surface area contributed by atoms with Crippen LogP contribution in [0.15, 0.2) is 24.7 Å². The molecule has 1 aromatic rings. The van der Waals surface area contributed by atoms with E-state index >= 15 is 0 Å². The summed E-state index contributed by atoms with van der Waals surface area (Å²) in [5.74, 6) is -0.879. The molecule has 1 atom stereocenters. The summed E-state index contributed by atoms with van der Waals surface area (Å²) in [5, 5.41) is 0. The van der Waals surface area contributed by atoms with Gasteiger partial charge in [-0.05, 0) is 12.2 Å². The Morgan fingerprint density at radius 1 is 1.33 bits per heavy atom. The minimum atomic E-state index is -0.631. The molecule has 18 heavy (non-hydrogen) atoms. The van der Waals surface area contributed by atoms with Gasteiger partial charge in [-0.15, -0.1) is 0 Å². The molecule has 0 amide bonds. The largest absolute Gasteiger partial charge is 0.462 e. The Morgan fingerprint density at radius 3 is 2.67 bits per heavy atom. The fourth-order valence-corrected chi connectivity index (χ4v) is 1.14. The van der Waals surface area contributed by atoms with Crippen molar-refractivity contribution in [1.82, 2.24) is 9.97 Å². The highest BCUT2D eigenvalue weighted by Gasteiger charge is 2.10. The zero-order valence-electron chi connectivity index (χ0n) is 10.2. The van der Waals surface area contributed by atoms with E-state index in [2.05, 4.69) is 9.97 Å². The number of aromatic nitrogens is 2. The third-order valence-corrected chi connectivity index (χ3v) is 1.83. The van der Waals surface area contributed by atoms with Gasteiger partial charge in [0.2, 0.25) is 0 Å². The molecule has 0 aliphatic heterocycles. The summed E-state index contributed by atoms with van der Waals surface area (Å²) in [6.07, 6.45) is 7.27. The molecule has 0 fully saturated rings. The van der Waals surface area contributed by atoms with Crippen LogP contribution in [-0.4, -0.2) is 34.6 Å². The fraction of sp³-hybridized carbons (Fsp3) is 0.333. The lowest BCUT2D eigenvalue weighted by Gasteiger charge is -2.12. The van der Waals surface area contributed by atoms with Gasteiger partial charge < -0.3 is 9.47 Å². The normalized spacial score (nSPS) is 12.1. The van der Waals surface area contributed by atoms with Gasteiger partial charge in [-0.25, -0.2) is 0 Å². The van der Waals surface area contributed by atoms with E-state index < -0.39 is 18.0 Å². The second-order valence-electron chi connectivity index (χ2n) is 3.44. The Labute approximate surface area is 105 Å². The summed E-state index contributed by atoms with van der Waals surface area (Å²) >= 11 is 0. The van der Waals surface area contributed by atoms with Crippen molar-refractivity contribution in [2.24, 2.45) is 0 Å². The van der Waals surface area contributed by atoms with Crippen LogP contribution in [0, 0.1) is 0 Å². The Morgan fingerprint density at radius 2 is 2.11 bits per heavy atom. The van der Waals surface area contributed by atoms with Gasteiger partial charge in [0, 0.05) is 26.2 Å². The van der Waals surface area contributed by atoms with Crippen LogP contribution in [0.2, 0.25) is 0 Å². The molecule has 1 unspecified atom stereocenters. The SMILES string of the molecule is CC(=O)OCC(C=Cc1cnccn1)OC(C)=O. The molecular weight excluding hydrogens is 236 g/mol. The van der Waals surface area contributed by atoms with Crippen molar-refractivity contribution >= 4 is 18.0 Å². The summed E-state index contributed by atoms with van der Waals surface area (Å²) in [5.41, 5.74) is 0.623. The van der Waals surface area contributed by atoms with Crippen LogP contribution in [0.5, 0.6) is 0 Å². The van der Waals surface area contributed by atoms with E-state index in [0.29, 0.717) is 5.69 Å². The first kappa shape index (κ1) is 13.8. The highest BCUT2D eigenvalue weighted by atomic mass is 16.6. The molecule has 1 heterocycles. The second-order valence-corrected chi connectivity index (χ2v) is 3.44. The molecule has 0 aliphatic carbocycles. The fourth-order valence-electron chi connectivity index (χ4n) is 1.14. The Kier molecular flexibility index (Phi) is 5.50. The molecule has 6 heteroatoms. The Bertz CT molecular complexity index is 431. The zero-order valence-corrected chi connectivity index (χ0v) is 10.2. The van der Waals surface area contributed by atoms with E-state index in [-0.39, 0.29) is 6.61 Å². The van der Waals surface area contributed by atoms with E-state index in [9.17, 15) is 9.59 Å². The average Bonchev–Trinajstić information content (AvgIpc) is 2.33. The van der Waals surface area contributed by atoms with E-state index in [4.69, 9.17) is 9.47 Å². The Balaban J connectivity index is 2.62. The number of rotatable bonds is 5. The second kappa shape index (κ2) is 7.16. The quantitative estimate of drug-likeness (QED) is 0.725. The number of carbonyl (C=O) groups excluding carboxylic acids is 2. The molecule has 0 radical (unpaired) electrons. The number of hydrogen-bond acceptors (Lipinski definition) is 6. The van der Waals surface area contributed by atoms with Crippen molar-refractivity contribution in [3.63, 3.8) is 0 Å². The van der Waals surface area contributed by atoms with Crippen LogP contribution in [-0.2, 0) is 19.1 Å². The minimum Gasteiger partial charge on any atom is -0.462 e. The minimum absolute atomic E-state index is 0.0221. The molecule has 0 spiro atoms. The molecule has 6 nitrogen and oxygen atoms in total. The smallest absolute Gasteiger partial charge is 0.303 e. The van der Waals surface area contributed by atoms with Crippen molar-refractivity contribution in [2.75, 3.05) is 6.61 Å². The Hall–Kier alpha value is -2.24. The summed E-state index contributed by atoms with van der Waals surface area (Å²) in [4.78, 5) is 29.5. The maximum atomic E-state index is 10.9. The molecular formula is C12H14N2O4. The number of esters is 2. The number of carbonyl (C=O) groups is 2. The summed E-state index contributed by atoms with van der Waals surface area (Å²) < 4.78 is 9.76. The number of hydrogen-bond donors (Lipinski definition) is 0. The van der Waals surface area contributed by atoms with Gasteiger partial charge in [0.15, 0.2) is 6.10 Å². The van der Waals surface area contributed by atoms with Crippen molar-refractivity contribution in [3.05, 3.63) is 30.4 Å². The molecule has 96 valence electrons. The van der Waals surface area contributed by atoms with Crippen LogP contribution in [0.25, 0.3) is 6.08 Å². The number of nitrogens with zero attached hydrogens (tertiary/aromatic N) is 2. The molecule has 0 bridgehead atoms. The topological polar surface area (TPSA) is 78.4 Å². The van der Waals surface area contributed by atoms with Crippen LogP contribution in [0.4, 0.5) is 0 Å². The van der Waals surface area contributed by atoms with Crippen LogP contribution in [0.3, 0.4) is 0 Å². The maximum absolute atomic E-state index is 10.9. The van der Waals surface area contributed by atoms with Gasteiger partial charge >= 0.3 is 11.9 Å². The van der Waals surface area contributed by atoms with Crippen molar-refractivity contribution in [2.45, 2.75) is 20.0 Å². The molecule has 0 aromatic carbocycles. The van der Waals surface area contributed by atoms with E-state index in [0.717, 1.165) is 0 Å². The van der Waals surface area contributed by atoms with Crippen LogP contribution < -0.4 is 0 Å². The lowest BCUT2D eigenvalue weighted by Crippen LogP contribution is -2.21. The molecule has 1 aromatic heterocycles. The van der Waals surface area contributed by atoms with Crippen molar-refractivity contribution < 1.29 is 19.1 Å². The van der Waals surface area contributed by atoms with Gasteiger partial charge in [0.25, 0.3) is 0 Å². The summed E-state index contributed by atoms with van der Waals surface area (Å²) in [7, 11) is 0. The maximum Gasteiger partial charge on any atom is 0.303 e. The van der Waals surface area contributed by atoms with E-state index in [1.165, 1.54) is 13.8 Å².